The van der Waals surface area contributed by atoms with Gasteiger partial charge in [-0.1, -0.05) is 35.9 Å². The van der Waals surface area contributed by atoms with Crippen LogP contribution in [0, 0.1) is 6.92 Å². The second-order valence-electron chi connectivity index (χ2n) is 9.37. The highest BCUT2D eigenvalue weighted by atomic mass is 19.4. The zero-order valence-electron chi connectivity index (χ0n) is 20.0. The topological polar surface area (TPSA) is 116 Å². The van der Waals surface area contributed by atoms with Crippen LogP contribution in [-0.4, -0.2) is 49.5 Å². The van der Waals surface area contributed by atoms with Crippen LogP contribution >= 0.6 is 0 Å². The van der Waals surface area contributed by atoms with Gasteiger partial charge in [0.05, 0.1) is 5.41 Å². The number of benzene rings is 1. The molecule has 194 valence electrons. The number of piperidine rings is 1. The quantitative estimate of drug-likeness (QED) is 0.335. The fourth-order valence-corrected chi connectivity index (χ4v) is 5.04. The van der Waals surface area contributed by atoms with Gasteiger partial charge in [0.25, 0.3) is 0 Å². The average molecular weight is 514 g/mol. The maximum absolute atomic E-state index is 14.2. The monoisotopic (exact) mass is 513 g/mol. The molecule has 12 heteroatoms. The number of rotatable bonds is 7. The molecule has 0 saturated carbocycles. The zero-order chi connectivity index (χ0) is 26.0. The van der Waals surface area contributed by atoms with Crippen LogP contribution in [0.1, 0.15) is 41.6 Å². The second-order valence-corrected chi connectivity index (χ2v) is 9.37. The van der Waals surface area contributed by atoms with Crippen LogP contribution in [0.25, 0.3) is 0 Å². The average Bonchev–Trinajstić information content (AvgIpc) is 3.52. The van der Waals surface area contributed by atoms with Crippen LogP contribution in [0.4, 0.5) is 24.8 Å². The summed E-state index contributed by atoms with van der Waals surface area (Å²) in [6.07, 6.45) is -1.82. The number of hydrogen-bond donors (Lipinski definition) is 3. The minimum atomic E-state index is -4.44. The molecule has 1 aromatic carbocycles. The van der Waals surface area contributed by atoms with Crippen LogP contribution in [-0.2, 0) is 11.8 Å². The molecule has 0 spiro atoms. The van der Waals surface area contributed by atoms with Gasteiger partial charge in [-0.05, 0) is 37.5 Å². The van der Waals surface area contributed by atoms with E-state index in [2.05, 4.69) is 30.7 Å². The molecule has 1 saturated heterocycles. The van der Waals surface area contributed by atoms with Crippen molar-refractivity contribution in [3.8, 4) is 0 Å². The minimum Gasteiger partial charge on any atom is -0.392 e. The molecular weight excluding hydrogens is 487 g/mol. The molecule has 9 nitrogen and oxygen atoms in total. The summed E-state index contributed by atoms with van der Waals surface area (Å²) >= 11 is 0. The van der Waals surface area contributed by atoms with E-state index in [9.17, 15) is 18.0 Å². The highest BCUT2D eigenvalue weighted by Crippen LogP contribution is 2.44. The van der Waals surface area contributed by atoms with Crippen molar-refractivity contribution < 1.29 is 17.6 Å². The van der Waals surface area contributed by atoms with Crippen LogP contribution < -0.4 is 11.1 Å². The van der Waals surface area contributed by atoms with Gasteiger partial charge in [0.2, 0.25) is 5.89 Å². The van der Waals surface area contributed by atoms with Gasteiger partial charge in [0, 0.05) is 37.5 Å². The van der Waals surface area contributed by atoms with E-state index in [1.807, 2.05) is 12.1 Å². The number of H-pyrrole nitrogens is 2. The van der Waals surface area contributed by atoms with Gasteiger partial charge in [-0.25, -0.2) is 14.9 Å². The lowest BCUT2D eigenvalue weighted by molar-refractivity contribution is -0.190. The van der Waals surface area contributed by atoms with E-state index in [-0.39, 0.29) is 24.5 Å². The van der Waals surface area contributed by atoms with Crippen molar-refractivity contribution >= 4 is 11.6 Å². The molecule has 1 atom stereocenters. The normalized spacial score (nSPS) is 17.0. The summed E-state index contributed by atoms with van der Waals surface area (Å²) in [5.74, 6) is 0.646. The number of likely N-dealkylation sites (tertiary alicyclic amines) is 1. The molecule has 0 aliphatic carbocycles. The molecule has 5 rings (SSSR count). The maximum atomic E-state index is 14.2. The molecule has 37 heavy (non-hydrogen) atoms. The third-order valence-corrected chi connectivity index (χ3v) is 6.76. The van der Waals surface area contributed by atoms with Gasteiger partial charge >= 0.3 is 11.9 Å². The number of nitrogens with zero attached hydrogens (tertiary/aromatic N) is 4. The second kappa shape index (κ2) is 9.85. The Balaban J connectivity index is 1.41. The van der Waals surface area contributed by atoms with Gasteiger partial charge in [0.15, 0.2) is 5.82 Å². The summed E-state index contributed by atoms with van der Waals surface area (Å²) in [6.45, 7) is 2.06. The Labute approximate surface area is 210 Å². The number of pyridine rings is 1. The van der Waals surface area contributed by atoms with Gasteiger partial charge in [0.1, 0.15) is 11.9 Å². The van der Waals surface area contributed by atoms with Crippen molar-refractivity contribution in [3.63, 3.8) is 0 Å². The van der Waals surface area contributed by atoms with Crippen LogP contribution in [0.2, 0.25) is 0 Å². The molecule has 1 unspecified atom stereocenters. The van der Waals surface area contributed by atoms with E-state index in [4.69, 9.17) is 4.42 Å². The number of hydrogen-bond acceptors (Lipinski definition) is 7. The Kier molecular flexibility index (Phi) is 6.59. The lowest BCUT2D eigenvalue weighted by atomic mass is 9.74. The van der Waals surface area contributed by atoms with Crippen molar-refractivity contribution in [2.24, 2.45) is 0 Å². The first-order valence-corrected chi connectivity index (χ1v) is 11.9. The Morgan fingerprint density at radius 1 is 1.11 bits per heavy atom. The maximum Gasteiger partial charge on any atom is 0.434 e. The summed E-state index contributed by atoms with van der Waals surface area (Å²) < 4.78 is 48.1. The molecule has 4 heterocycles. The summed E-state index contributed by atoms with van der Waals surface area (Å²) in [5, 5.41) is 16.3. The van der Waals surface area contributed by atoms with Crippen molar-refractivity contribution in [3.05, 3.63) is 88.0 Å². The van der Waals surface area contributed by atoms with E-state index in [1.54, 1.807) is 43.5 Å². The third-order valence-electron chi connectivity index (χ3n) is 6.76. The smallest absolute Gasteiger partial charge is 0.392 e. The lowest BCUT2D eigenvalue weighted by Gasteiger charge is -2.43. The van der Waals surface area contributed by atoms with Gasteiger partial charge in [-0.3, -0.25) is 10.00 Å². The number of aromatic nitrogens is 5. The molecule has 1 aliphatic rings. The molecule has 0 radical (unpaired) electrons. The fourth-order valence-electron chi connectivity index (χ4n) is 5.04. The predicted molar refractivity (Wildman–Crippen MR) is 129 cm³/mol. The van der Waals surface area contributed by atoms with E-state index >= 15 is 0 Å². The molecular formula is C25H26F3N7O2. The van der Waals surface area contributed by atoms with E-state index < -0.39 is 23.4 Å². The van der Waals surface area contributed by atoms with Gasteiger partial charge in [-0.15, -0.1) is 5.10 Å². The highest BCUT2D eigenvalue weighted by molar-refractivity contribution is 5.50. The minimum absolute atomic E-state index is 0.139. The number of halogens is 3. The number of aromatic amines is 2. The Morgan fingerprint density at radius 3 is 2.54 bits per heavy atom. The summed E-state index contributed by atoms with van der Waals surface area (Å²) in [5.41, 5.74) is 0.873. The fraction of sp³-hybridized carbons (Fsp3) is 0.360. The van der Waals surface area contributed by atoms with Crippen LogP contribution in [0.5, 0.6) is 0 Å². The highest BCUT2D eigenvalue weighted by Gasteiger charge is 2.49. The Morgan fingerprint density at radius 2 is 1.89 bits per heavy atom. The predicted octanol–water partition coefficient (Wildman–Crippen LogP) is 4.41. The van der Waals surface area contributed by atoms with Crippen molar-refractivity contribution in [1.29, 1.82) is 0 Å². The van der Waals surface area contributed by atoms with Crippen molar-refractivity contribution in [2.75, 3.05) is 18.4 Å². The molecule has 0 amide bonds. The SMILES string of the molecule is Cc1cccc(C(N2CCC(Cc3cccc(Nc4cc[nH]n4)n3)(c3n[nH]c(=O)o3)CC2)C(F)(F)F)c1. The standard InChI is InChI=1S/C25H26F3N7O2/c1-16-4-2-5-17(14-16)21(25(26,27)28)35-12-9-24(10-13-35,22-33-34-23(36)37-22)15-18-6-3-7-19(30-18)31-20-8-11-29-32-20/h2-8,11,14,21H,9-10,12-13,15H2,1H3,(H,34,36)(H2,29,30,31,32). The number of nitrogens with one attached hydrogen (secondary N) is 3. The van der Waals surface area contributed by atoms with E-state index in [0.29, 0.717) is 36.6 Å². The molecule has 3 N–H and O–H groups in total. The lowest BCUT2D eigenvalue weighted by Crippen LogP contribution is -2.48. The summed E-state index contributed by atoms with van der Waals surface area (Å²) in [7, 11) is 0. The van der Waals surface area contributed by atoms with E-state index in [1.165, 1.54) is 11.0 Å². The first-order valence-electron chi connectivity index (χ1n) is 11.9. The summed E-state index contributed by atoms with van der Waals surface area (Å²) in [4.78, 5) is 17.9. The molecule has 3 aromatic heterocycles. The molecule has 1 aliphatic heterocycles. The molecule has 0 bridgehead atoms. The first-order chi connectivity index (χ1) is 17.7. The van der Waals surface area contributed by atoms with Gasteiger partial charge < -0.3 is 9.73 Å². The third kappa shape index (κ3) is 5.43. The van der Waals surface area contributed by atoms with Crippen LogP contribution in [0.15, 0.2) is 63.9 Å². The molecule has 4 aromatic rings. The largest absolute Gasteiger partial charge is 0.434 e. The van der Waals surface area contributed by atoms with Crippen molar-refractivity contribution in [1.82, 2.24) is 30.3 Å². The molecule has 1 fully saturated rings. The number of alkyl halides is 3. The van der Waals surface area contributed by atoms with Crippen molar-refractivity contribution in [2.45, 2.75) is 43.8 Å². The van der Waals surface area contributed by atoms with E-state index in [0.717, 1.165) is 5.56 Å². The summed E-state index contributed by atoms with van der Waals surface area (Å²) in [6, 6.07) is 12.0. The Bertz CT molecular complexity index is 1390. The zero-order valence-corrected chi connectivity index (χ0v) is 20.0. The van der Waals surface area contributed by atoms with Crippen LogP contribution in [0.3, 0.4) is 0 Å². The first kappa shape index (κ1) is 24.8. The number of anilines is 2. The van der Waals surface area contributed by atoms with Gasteiger partial charge in [-0.2, -0.15) is 18.3 Å². The number of aryl methyl sites for hydroxylation is 1. The Hall–Kier alpha value is -3.93.